The van der Waals surface area contributed by atoms with Crippen LogP contribution in [0.25, 0.3) is 6.08 Å². The molecule has 0 heterocycles. The van der Waals surface area contributed by atoms with Gasteiger partial charge in [0.2, 0.25) is 0 Å². The Morgan fingerprint density at radius 2 is 2.06 bits per heavy atom. The monoisotopic (exact) mass is 244 g/mol. The summed E-state index contributed by atoms with van der Waals surface area (Å²) < 4.78 is 5.20. The minimum atomic E-state index is -0.917. The van der Waals surface area contributed by atoms with E-state index in [2.05, 4.69) is 0 Å². The Morgan fingerprint density at radius 1 is 1.33 bits per heavy atom. The lowest BCUT2D eigenvalue weighted by Crippen LogP contribution is -2.23. The number of rotatable bonds is 2. The van der Waals surface area contributed by atoms with Gasteiger partial charge in [-0.3, -0.25) is 0 Å². The number of allylic oxidation sites excluding steroid dienone is 2. The maximum Gasteiger partial charge on any atom is 0.328 e. The van der Waals surface area contributed by atoms with Crippen LogP contribution in [0.2, 0.25) is 0 Å². The van der Waals surface area contributed by atoms with Crippen LogP contribution in [0.15, 0.2) is 35.9 Å². The van der Waals surface area contributed by atoms with Crippen LogP contribution in [-0.4, -0.2) is 18.2 Å². The number of carboxylic acid groups (broad SMARTS) is 1. The molecule has 1 aromatic rings. The third-order valence-corrected chi connectivity index (χ3v) is 3.38. The molecule has 0 radical (unpaired) electrons. The second kappa shape index (κ2) is 4.33. The Bertz CT molecular complexity index is 551. The van der Waals surface area contributed by atoms with E-state index in [1.54, 1.807) is 7.11 Å². The van der Waals surface area contributed by atoms with E-state index >= 15 is 0 Å². The van der Waals surface area contributed by atoms with Crippen LogP contribution in [-0.2, 0) is 10.2 Å². The molecule has 0 unspecified atom stereocenters. The summed E-state index contributed by atoms with van der Waals surface area (Å²) in [7, 11) is 1.63. The first-order chi connectivity index (χ1) is 8.45. The van der Waals surface area contributed by atoms with Crippen molar-refractivity contribution in [1.82, 2.24) is 0 Å². The maximum absolute atomic E-state index is 10.8. The predicted molar refractivity (Wildman–Crippen MR) is 70.8 cm³/mol. The molecule has 1 aliphatic carbocycles. The van der Waals surface area contributed by atoms with Gasteiger partial charge in [0.05, 0.1) is 7.11 Å². The third-order valence-electron chi connectivity index (χ3n) is 3.38. The number of ether oxygens (including phenoxy) is 1. The summed E-state index contributed by atoms with van der Waals surface area (Å²) in [4.78, 5) is 10.8. The van der Waals surface area contributed by atoms with E-state index in [4.69, 9.17) is 9.84 Å². The van der Waals surface area contributed by atoms with Crippen LogP contribution in [0.4, 0.5) is 0 Å². The Balaban J connectivity index is 2.55. The van der Waals surface area contributed by atoms with Gasteiger partial charge < -0.3 is 9.84 Å². The lowest BCUT2D eigenvalue weighted by Gasteiger charge is -2.32. The van der Waals surface area contributed by atoms with Crippen molar-refractivity contribution in [3.63, 3.8) is 0 Å². The molecule has 0 aliphatic heterocycles. The van der Waals surface area contributed by atoms with Crippen molar-refractivity contribution < 1.29 is 14.6 Å². The first-order valence-electron chi connectivity index (χ1n) is 5.77. The van der Waals surface area contributed by atoms with E-state index in [9.17, 15) is 4.79 Å². The van der Waals surface area contributed by atoms with Crippen molar-refractivity contribution in [1.29, 1.82) is 0 Å². The molecule has 0 bridgehead atoms. The molecular formula is C15H16O3. The van der Waals surface area contributed by atoms with E-state index < -0.39 is 5.97 Å². The normalized spacial score (nSPS) is 18.5. The van der Waals surface area contributed by atoms with Crippen LogP contribution in [0, 0.1) is 0 Å². The average Bonchev–Trinajstić information content (AvgIpc) is 2.32. The minimum Gasteiger partial charge on any atom is -0.497 e. The molecule has 0 saturated heterocycles. The Hall–Kier alpha value is -2.03. The average molecular weight is 244 g/mol. The van der Waals surface area contributed by atoms with Crippen molar-refractivity contribution >= 4 is 12.0 Å². The standard InChI is InChI=1S/C15H16O3/c1-15(2)11(9-14(16)17)5-4-10-8-12(18-3)6-7-13(10)15/h4-9H,1-3H3,(H,16,17)/b11-9+. The van der Waals surface area contributed by atoms with Crippen LogP contribution < -0.4 is 4.74 Å². The van der Waals surface area contributed by atoms with Crippen LogP contribution >= 0.6 is 0 Å². The molecule has 1 aromatic carbocycles. The first kappa shape index (κ1) is 12.4. The van der Waals surface area contributed by atoms with Gasteiger partial charge in [0.25, 0.3) is 0 Å². The van der Waals surface area contributed by atoms with Gasteiger partial charge in [-0.1, -0.05) is 32.1 Å². The Morgan fingerprint density at radius 3 is 2.67 bits per heavy atom. The molecule has 0 fully saturated rings. The lowest BCUT2D eigenvalue weighted by atomic mass is 9.72. The second-order valence-corrected chi connectivity index (χ2v) is 4.85. The van der Waals surface area contributed by atoms with Gasteiger partial charge >= 0.3 is 5.97 Å². The SMILES string of the molecule is COc1ccc2c(c1)C=C/C(=C\C(=O)O)C2(C)C. The largest absolute Gasteiger partial charge is 0.497 e. The van der Waals surface area contributed by atoms with E-state index in [-0.39, 0.29) is 5.41 Å². The molecule has 0 spiro atoms. The van der Waals surface area contributed by atoms with Crippen molar-refractivity contribution in [2.75, 3.05) is 7.11 Å². The highest BCUT2D eigenvalue weighted by Crippen LogP contribution is 2.40. The van der Waals surface area contributed by atoms with Crippen molar-refractivity contribution in [2.45, 2.75) is 19.3 Å². The van der Waals surface area contributed by atoms with E-state index in [0.29, 0.717) is 0 Å². The van der Waals surface area contributed by atoms with Gasteiger partial charge in [-0.25, -0.2) is 4.79 Å². The highest BCUT2D eigenvalue weighted by molar-refractivity contribution is 5.83. The molecule has 1 aliphatic rings. The molecule has 0 amide bonds. The summed E-state index contributed by atoms with van der Waals surface area (Å²) in [5, 5.41) is 8.90. The molecule has 18 heavy (non-hydrogen) atoms. The highest BCUT2D eigenvalue weighted by atomic mass is 16.5. The molecule has 0 atom stereocenters. The summed E-state index contributed by atoms with van der Waals surface area (Å²) in [6.07, 6.45) is 5.05. The van der Waals surface area contributed by atoms with Gasteiger partial charge in [0.15, 0.2) is 0 Å². The zero-order valence-corrected chi connectivity index (χ0v) is 10.7. The smallest absolute Gasteiger partial charge is 0.328 e. The van der Waals surface area contributed by atoms with Gasteiger partial charge in [0.1, 0.15) is 5.75 Å². The van der Waals surface area contributed by atoms with Crippen molar-refractivity contribution in [2.24, 2.45) is 0 Å². The summed E-state index contributed by atoms with van der Waals surface area (Å²) in [6.45, 7) is 4.05. The summed E-state index contributed by atoms with van der Waals surface area (Å²) in [5.74, 6) is -0.112. The quantitative estimate of drug-likeness (QED) is 0.813. The fourth-order valence-corrected chi connectivity index (χ4v) is 2.28. The number of benzene rings is 1. The summed E-state index contributed by atoms with van der Waals surface area (Å²) in [6, 6.07) is 5.86. The van der Waals surface area contributed by atoms with Crippen LogP contribution in [0.1, 0.15) is 25.0 Å². The predicted octanol–water partition coefficient (Wildman–Crippen LogP) is 3.01. The Kier molecular flexibility index (Phi) is 2.99. The molecule has 94 valence electrons. The van der Waals surface area contributed by atoms with E-state index in [1.165, 1.54) is 6.08 Å². The fourth-order valence-electron chi connectivity index (χ4n) is 2.28. The molecule has 1 N–H and O–H groups in total. The molecule has 2 rings (SSSR count). The van der Waals surface area contributed by atoms with Crippen LogP contribution in [0.5, 0.6) is 5.75 Å². The fraction of sp³-hybridized carbons (Fsp3) is 0.267. The van der Waals surface area contributed by atoms with Crippen LogP contribution in [0.3, 0.4) is 0 Å². The van der Waals surface area contributed by atoms with Crippen molar-refractivity contribution in [3.8, 4) is 5.75 Å². The summed E-state index contributed by atoms with van der Waals surface area (Å²) in [5.41, 5.74) is 2.67. The minimum absolute atomic E-state index is 0.311. The number of fused-ring (bicyclic) bond motifs is 1. The number of carboxylic acids is 1. The molecule has 3 nitrogen and oxygen atoms in total. The lowest BCUT2D eigenvalue weighted by molar-refractivity contribution is -0.131. The van der Waals surface area contributed by atoms with Gasteiger partial charge in [0, 0.05) is 11.5 Å². The molecule has 0 saturated carbocycles. The third kappa shape index (κ3) is 2.04. The van der Waals surface area contributed by atoms with E-state index in [0.717, 1.165) is 22.4 Å². The van der Waals surface area contributed by atoms with E-state index in [1.807, 2.05) is 44.2 Å². The topological polar surface area (TPSA) is 46.5 Å². The molecule has 3 heteroatoms. The second-order valence-electron chi connectivity index (χ2n) is 4.85. The Labute approximate surface area is 106 Å². The van der Waals surface area contributed by atoms with Gasteiger partial charge in [-0.15, -0.1) is 0 Å². The number of hydrogen-bond acceptors (Lipinski definition) is 2. The van der Waals surface area contributed by atoms with Gasteiger partial charge in [-0.05, 0) is 28.8 Å². The number of hydrogen-bond donors (Lipinski definition) is 1. The first-order valence-corrected chi connectivity index (χ1v) is 5.77. The zero-order valence-electron chi connectivity index (χ0n) is 10.7. The van der Waals surface area contributed by atoms with Gasteiger partial charge in [-0.2, -0.15) is 0 Å². The molecule has 0 aromatic heterocycles. The number of aliphatic carboxylic acids is 1. The number of methoxy groups -OCH3 is 1. The summed E-state index contributed by atoms with van der Waals surface area (Å²) >= 11 is 0. The molecular weight excluding hydrogens is 228 g/mol. The number of carbonyl (C=O) groups is 1. The maximum atomic E-state index is 10.8. The van der Waals surface area contributed by atoms with Crippen molar-refractivity contribution in [3.05, 3.63) is 47.1 Å². The zero-order chi connectivity index (χ0) is 13.3. The highest BCUT2D eigenvalue weighted by Gasteiger charge is 2.29.